The summed E-state index contributed by atoms with van der Waals surface area (Å²) in [6, 6.07) is 0. The van der Waals surface area contributed by atoms with Gasteiger partial charge in [0, 0.05) is 43.9 Å². The van der Waals surface area contributed by atoms with Crippen LogP contribution in [0, 0.1) is 0 Å². The van der Waals surface area contributed by atoms with Crippen molar-refractivity contribution in [2.75, 3.05) is 33.2 Å². The van der Waals surface area contributed by atoms with Gasteiger partial charge in [0.15, 0.2) is 0 Å². The molecule has 78 valence electrons. The Labute approximate surface area is 86.1 Å². The molecule has 0 aromatic heterocycles. The van der Waals surface area contributed by atoms with Gasteiger partial charge in [0.1, 0.15) is 0 Å². The molecule has 1 N–H and O–H groups in total. The van der Waals surface area contributed by atoms with Crippen molar-refractivity contribution in [1.29, 1.82) is 0 Å². The van der Waals surface area contributed by atoms with Crippen LogP contribution in [0.15, 0.2) is 0 Å². The minimum atomic E-state index is 0.202. The number of hydrogen-bond acceptors (Lipinski definition) is 4. The summed E-state index contributed by atoms with van der Waals surface area (Å²) in [4.78, 5) is 2.37. The molecule has 1 rings (SSSR count). The third kappa shape index (κ3) is 4.86. The van der Waals surface area contributed by atoms with E-state index in [4.69, 9.17) is 0 Å². The number of nitrogens with zero attached hydrogens (tertiary/aromatic N) is 2. The zero-order valence-electron chi connectivity index (χ0n) is 9.13. The van der Waals surface area contributed by atoms with Gasteiger partial charge in [-0.15, -0.1) is 0 Å². The first-order valence-corrected chi connectivity index (χ1v) is 5.62. The van der Waals surface area contributed by atoms with Gasteiger partial charge in [0.2, 0.25) is 0 Å². The summed E-state index contributed by atoms with van der Waals surface area (Å²) < 4.78 is 5.82. The molecule has 1 saturated heterocycles. The highest BCUT2D eigenvalue weighted by Crippen LogP contribution is 2.13. The minimum absolute atomic E-state index is 0.202. The first kappa shape index (κ1) is 11.3. The molecule has 3 nitrogen and oxygen atoms in total. The third-order valence-electron chi connectivity index (χ3n) is 1.94. The van der Waals surface area contributed by atoms with Gasteiger partial charge >= 0.3 is 0 Å². The Morgan fingerprint density at radius 3 is 2.08 bits per heavy atom. The van der Waals surface area contributed by atoms with Crippen molar-refractivity contribution in [3.63, 3.8) is 0 Å². The summed E-state index contributed by atoms with van der Waals surface area (Å²) in [5.74, 6) is 0. The fourth-order valence-corrected chi connectivity index (χ4v) is 1.83. The lowest BCUT2D eigenvalue weighted by Crippen LogP contribution is -2.44. The maximum atomic E-state index is 3.43. The van der Waals surface area contributed by atoms with E-state index in [1.807, 2.05) is 0 Å². The Morgan fingerprint density at radius 2 is 1.62 bits per heavy atom. The average molecular weight is 203 g/mol. The summed E-state index contributed by atoms with van der Waals surface area (Å²) in [6.45, 7) is 11.2. The van der Waals surface area contributed by atoms with E-state index in [0.717, 1.165) is 13.1 Å². The topological polar surface area (TPSA) is 18.5 Å². The van der Waals surface area contributed by atoms with Gasteiger partial charge in [0.05, 0.1) is 0 Å². The highest BCUT2D eigenvalue weighted by molar-refractivity contribution is 7.95. The van der Waals surface area contributed by atoms with Crippen LogP contribution in [0.25, 0.3) is 0 Å². The van der Waals surface area contributed by atoms with Crippen LogP contribution >= 0.6 is 12.1 Å². The molecule has 0 amide bonds. The van der Waals surface area contributed by atoms with Gasteiger partial charge in [-0.05, 0) is 27.8 Å². The zero-order chi connectivity index (χ0) is 9.90. The molecular weight excluding hydrogens is 182 g/mol. The second kappa shape index (κ2) is 4.64. The number of likely N-dealkylation sites (N-methyl/N-ethyl adjacent to an activating group) is 1. The van der Waals surface area contributed by atoms with Crippen LogP contribution in [0.5, 0.6) is 0 Å². The molecule has 0 radical (unpaired) electrons. The summed E-state index contributed by atoms with van der Waals surface area (Å²) in [6.07, 6.45) is 0. The van der Waals surface area contributed by atoms with Crippen LogP contribution in [0.1, 0.15) is 20.8 Å². The Bertz CT molecular complexity index is 147. The Hall–Kier alpha value is 0.230. The van der Waals surface area contributed by atoms with E-state index in [0.29, 0.717) is 0 Å². The van der Waals surface area contributed by atoms with E-state index < -0.39 is 0 Å². The van der Waals surface area contributed by atoms with Crippen molar-refractivity contribution in [2.45, 2.75) is 26.3 Å². The lowest BCUT2D eigenvalue weighted by Gasteiger charge is -2.33. The first-order valence-electron chi connectivity index (χ1n) is 4.85. The molecule has 0 aromatic rings. The van der Waals surface area contributed by atoms with E-state index in [1.54, 1.807) is 12.1 Å². The average Bonchev–Trinajstić information content (AvgIpc) is 2.02. The van der Waals surface area contributed by atoms with Gasteiger partial charge in [0.25, 0.3) is 0 Å². The lowest BCUT2D eigenvalue weighted by molar-refractivity contribution is 0.232. The summed E-state index contributed by atoms with van der Waals surface area (Å²) in [7, 11) is 2.18. The van der Waals surface area contributed by atoms with Crippen molar-refractivity contribution in [3.8, 4) is 0 Å². The molecule has 13 heavy (non-hydrogen) atoms. The molecule has 0 aromatic carbocycles. The lowest BCUT2D eigenvalue weighted by atomic mass is 10.1. The fraction of sp³-hybridized carbons (Fsp3) is 1.00. The second-order valence-corrected chi connectivity index (χ2v) is 5.58. The monoisotopic (exact) mass is 203 g/mol. The van der Waals surface area contributed by atoms with Crippen LogP contribution in [0.3, 0.4) is 0 Å². The van der Waals surface area contributed by atoms with Gasteiger partial charge in [-0.1, -0.05) is 0 Å². The Kier molecular flexibility index (Phi) is 4.04. The van der Waals surface area contributed by atoms with E-state index in [1.165, 1.54) is 13.1 Å². The van der Waals surface area contributed by atoms with E-state index >= 15 is 0 Å². The van der Waals surface area contributed by atoms with Crippen LogP contribution in [-0.2, 0) is 0 Å². The first-order chi connectivity index (χ1) is 5.97. The largest absolute Gasteiger partial charge is 0.304 e. The summed E-state index contributed by atoms with van der Waals surface area (Å²) >= 11 is 1.76. The second-order valence-electron chi connectivity index (χ2n) is 4.68. The van der Waals surface area contributed by atoms with Gasteiger partial charge < -0.3 is 4.90 Å². The normalized spacial score (nSPS) is 22.2. The maximum Gasteiger partial charge on any atom is 0.0230 e. The molecule has 1 aliphatic rings. The van der Waals surface area contributed by atoms with Crippen molar-refractivity contribution < 1.29 is 0 Å². The van der Waals surface area contributed by atoms with Crippen molar-refractivity contribution in [2.24, 2.45) is 0 Å². The van der Waals surface area contributed by atoms with E-state index in [9.17, 15) is 0 Å². The van der Waals surface area contributed by atoms with Gasteiger partial charge in [-0.25, -0.2) is 9.03 Å². The molecule has 1 aliphatic heterocycles. The van der Waals surface area contributed by atoms with Crippen molar-refractivity contribution in [1.82, 2.24) is 13.9 Å². The van der Waals surface area contributed by atoms with Gasteiger partial charge in [-0.3, -0.25) is 0 Å². The highest BCUT2D eigenvalue weighted by Gasteiger charge is 2.16. The number of hydrogen-bond donors (Lipinski definition) is 1. The Balaban J connectivity index is 2.16. The van der Waals surface area contributed by atoms with Crippen LogP contribution in [0.2, 0.25) is 0 Å². The SMILES string of the molecule is CN1CCN(SNC(C)(C)C)CC1. The van der Waals surface area contributed by atoms with Gasteiger partial charge in [-0.2, -0.15) is 0 Å². The highest BCUT2D eigenvalue weighted by atomic mass is 32.2. The molecular formula is C9H21N3S. The summed E-state index contributed by atoms with van der Waals surface area (Å²) in [5.41, 5.74) is 0.202. The molecule has 0 saturated carbocycles. The van der Waals surface area contributed by atoms with Crippen molar-refractivity contribution in [3.05, 3.63) is 0 Å². The molecule has 1 heterocycles. The number of rotatable bonds is 2. The molecule has 0 aliphatic carbocycles. The fourth-order valence-electron chi connectivity index (χ4n) is 1.08. The molecule has 0 spiro atoms. The van der Waals surface area contributed by atoms with E-state index in [2.05, 4.69) is 41.7 Å². The predicted molar refractivity (Wildman–Crippen MR) is 59.5 cm³/mol. The zero-order valence-corrected chi connectivity index (χ0v) is 9.95. The summed E-state index contributed by atoms with van der Waals surface area (Å²) in [5, 5.41) is 0. The van der Waals surface area contributed by atoms with Crippen LogP contribution < -0.4 is 4.72 Å². The van der Waals surface area contributed by atoms with E-state index in [-0.39, 0.29) is 5.54 Å². The quantitative estimate of drug-likeness (QED) is 0.679. The third-order valence-corrected chi connectivity index (χ3v) is 3.27. The molecule has 0 bridgehead atoms. The molecule has 0 unspecified atom stereocenters. The standard InChI is InChI=1S/C9H21N3S/c1-9(2,3)10-13-12-7-5-11(4)6-8-12/h10H,5-8H2,1-4H3. The molecule has 1 fully saturated rings. The van der Waals surface area contributed by atoms with Crippen molar-refractivity contribution >= 4 is 12.1 Å². The smallest absolute Gasteiger partial charge is 0.0230 e. The van der Waals surface area contributed by atoms with Crippen LogP contribution in [-0.4, -0.2) is 48.0 Å². The predicted octanol–water partition coefficient (Wildman–Crippen LogP) is 1.19. The maximum absolute atomic E-state index is 3.43. The number of piperazine rings is 1. The molecule has 4 heteroatoms. The number of nitrogens with one attached hydrogen (secondary N) is 1. The Morgan fingerprint density at radius 1 is 1.08 bits per heavy atom. The minimum Gasteiger partial charge on any atom is -0.304 e. The van der Waals surface area contributed by atoms with Crippen LogP contribution in [0.4, 0.5) is 0 Å². The molecule has 0 atom stereocenters.